The van der Waals surface area contributed by atoms with Crippen molar-refractivity contribution >= 4 is 11.9 Å². The number of methoxy groups -OCH3 is 1. The van der Waals surface area contributed by atoms with E-state index in [1.807, 2.05) is 30.3 Å². The molecule has 0 saturated carbocycles. The SMILES string of the molecule is COc1ccccc1C(=O)OC(=O)[C@@H](N)Cc1ccccc1. The largest absolute Gasteiger partial charge is 0.496 e. The zero-order valence-electron chi connectivity index (χ0n) is 12.2. The molecule has 0 heterocycles. The molecule has 0 bridgehead atoms. The second-order valence-corrected chi connectivity index (χ2v) is 4.71. The smallest absolute Gasteiger partial charge is 0.349 e. The number of benzene rings is 2. The van der Waals surface area contributed by atoms with E-state index in [0.717, 1.165) is 5.56 Å². The van der Waals surface area contributed by atoms with Crippen molar-refractivity contribution in [2.24, 2.45) is 5.73 Å². The maximum Gasteiger partial charge on any atom is 0.349 e. The molecule has 0 spiro atoms. The number of hydrogen-bond donors (Lipinski definition) is 1. The lowest BCUT2D eigenvalue weighted by atomic mass is 10.1. The van der Waals surface area contributed by atoms with Gasteiger partial charge < -0.3 is 15.2 Å². The van der Waals surface area contributed by atoms with Crippen molar-refractivity contribution in [1.82, 2.24) is 0 Å². The highest BCUT2D eigenvalue weighted by molar-refractivity contribution is 6.00. The van der Waals surface area contributed by atoms with Crippen LogP contribution in [-0.2, 0) is 16.0 Å². The van der Waals surface area contributed by atoms with Crippen molar-refractivity contribution in [1.29, 1.82) is 0 Å². The van der Waals surface area contributed by atoms with E-state index >= 15 is 0 Å². The topological polar surface area (TPSA) is 78.6 Å². The fourth-order valence-corrected chi connectivity index (χ4v) is 1.99. The van der Waals surface area contributed by atoms with Gasteiger partial charge in [0.25, 0.3) is 0 Å². The highest BCUT2D eigenvalue weighted by Crippen LogP contribution is 2.18. The van der Waals surface area contributed by atoms with Gasteiger partial charge in [0.1, 0.15) is 17.4 Å². The Hall–Kier alpha value is -2.66. The van der Waals surface area contributed by atoms with Crippen LogP contribution in [0.15, 0.2) is 54.6 Å². The molecule has 22 heavy (non-hydrogen) atoms. The van der Waals surface area contributed by atoms with Gasteiger partial charge in [-0.2, -0.15) is 0 Å². The van der Waals surface area contributed by atoms with Crippen LogP contribution < -0.4 is 10.5 Å². The molecule has 1 atom stereocenters. The molecule has 0 unspecified atom stereocenters. The number of carbonyl (C=O) groups is 2. The summed E-state index contributed by atoms with van der Waals surface area (Å²) in [5.74, 6) is -1.19. The average Bonchev–Trinajstić information content (AvgIpc) is 2.55. The Morgan fingerprint density at radius 2 is 1.68 bits per heavy atom. The fourth-order valence-electron chi connectivity index (χ4n) is 1.99. The number of rotatable bonds is 5. The van der Waals surface area contributed by atoms with Gasteiger partial charge in [0.05, 0.1) is 7.11 Å². The number of esters is 2. The molecule has 2 aromatic carbocycles. The Kier molecular flexibility index (Phi) is 5.27. The summed E-state index contributed by atoms with van der Waals surface area (Å²) < 4.78 is 9.89. The molecule has 0 amide bonds. The van der Waals surface area contributed by atoms with Gasteiger partial charge >= 0.3 is 11.9 Å². The van der Waals surface area contributed by atoms with Gasteiger partial charge in [0.15, 0.2) is 0 Å². The van der Waals surface area contributed by atoms with Gasteiger partial charge in [-0.05, 0) is 24.1 Å². The number of para-hydroxylation sites is 1. The third kappa shape index (κ3) is 3.93. The Bertz CT molecular complexity index is 655. The lowest BCUT2D eigenvalue weighted by Gasteiger charge is -2.11. The lowest BCUT2D eigenvalue weighted by Crippen LogP contribution is -2.35. The van der Waals surface area contributed by atoms with E-state index in [4.69, 9.17) is 15.2 Å². The molecule has 0 aliphatic heterocycles. The van der Waals surface area contributed by atoms with E-state index in [9.17, 15) is 9.59 Å². The van der Waals surface area contributed by atoms with Crippen LogP contribution in [0.5, 0.6) is 5.75 Å². The molecular formula is C17H17NO4. The molecule has 0 radical (unpaired) electrons. The summed E-state index contributed by atoms with van der Waals surface area (Å²) in [5.41, 5.74) is 6.87. The standard InChI is InChI=1S/C17H17NO4/c1-21-15-10-6-5-9-13(15)16(19)22-17(20)14(18)11-12-7-3-2-4-8-12/h2-10,14H,11,18H2,1H3/t14-/m0/s1. The van der Waals surface area contributed by atoms with Gasteiger partial charge in [-0.15, -0.1) is 0 Å². The molecular weight excluding hydrogens is 282 g/mol. The summed E-state index contributed by atoms with van der Waals surface area (Å²) in [4.78, 5) is 23.9. The molecule has 5 nitrogen and oxygen atoms in total. The Labute approximate surface area is 128 Å². The monoisotopic (exact) mass is 299 g/mol. The summed E-state index contributed by atoms with van der Waals surface area (Å²) >= 11 is 0. The second-order valence-electron chi connectivity index (χ2n) is 4.71. The maximum atomic E-state index is 12.0. The minimum atomic E-state index is -0.902. The summed E-state index contributed by atoms with van der Waals surface area (Å²) in [6.07, 6.45) is 0.304. The lowest BCUT2D eigenvalue weighted by molar-refractivity contribution is -0.139. The van der Waals surface area contributed by atoms with Crippen LogP contribution in [0.4, 0.5) is 0 Å². The molecule has 0 saturated heterocycles. The molecule has 2 rings (SSSR count). The van der Waals surface area contributed by atoms with Gasteiger partial charge in [-0.1, -0.05) is 42.5 Å². The normalized spacial score (nSPS) is 11.5. The third-order valence-corrected chi connectivity index (χ3v) is 3.12. The Morgan fingerprint density at radius 3 is 2.36 bits per heavy atom. The van der Waals surface area contributed by atoms with Gasteiger partial charge in [-0.25, -0.2) is 9.59 Å². The average molecular weight is 299 g/mol. The molecule has 5 heteroatoms. The van der Waals surface area contributed by atoms with Crippen molar-refractivity contribution in [3.05, 3.63) is 65.7 Å². The molecule has 2 aromatic rings. The van der Waals surface area contributed by atoms with Crippen LogP contribution in [0.1, 0.15) is 15.9 Å². The molecule has 0 aliphatic carbocycles. The van der Waals surface area contributed by atoms with Crippen LogP contribution >= 0.6 is 0 Å². The summed E-state index contributed by atoms with van der Waals surface area (Å²) in [5, 5.41) is 0. The highest BCUT2D eigenvalue weighted by atomic mass is 16.6. The summed E-state index contributed by atoms with van der Waals surface area (Å²) in [7, 11) is 1.44. The van der Waals surface area contributed by atoms with Crippen LogP contribution in [0.2, 0.25) is 0 Å². The van der Waals surface area contributed by atoms with Crippen LogP contribution in [0.25, 0.3) is 0 Å². The van der Waals surface area contributed by atoms with E-state index in [1.54, 1.807) is 18.2 Å². The van der Waals surface area contributed by atoms with E-state index < -0.39 is 18.0 Å². The van der Waals surface area contributed by atoms with Crippen molar-refractivity contribution in [3.8, 4) is 5.75 Å². The molecule has 0 aromatic heterocycles. The van der Waals surface area contributed by atoms with Crippen LogP contribution in [-0.4, -0.2) is 25.1 Å². The Morgan fingerprint density at radius 1 is 1.05 bits per heavy atom. The summed E-state index contributed by atoms with van der Waals surface area (Å²) in [6, 6.07) is 14.9. The molecule has 0 aliphatic rings. The first-order valence-corrected chi connectivity index (χ1v) is 6.80. The van der Waals surface area contributed by atoms with Gasteiger partial charge in [0.2, 0.25) is 0 Å². The number of nitrogens with two attached hydrogens (primary N) is 1. The quantitative estimate of drug-likeness (QED) is 0.674. The van der Waals surface area contributed by atoms with Gasteiger partial charge in [-0.3, -0.25) is 0 Å². The predicted octanol–water partition coefficient (Wildman–Crippen LogP) is 1.95. The second kappa shape index (κ2) is 7.38. The number of carbonyl (C=O) groups excluding carboxylic acids is 2. The van der Waals surface area contributed by atoms with Crippen LogP contribution in [0, 0.1) is 0 Å². The molecule has 0 fully saturated rings. The van der Waals surface area contributed by atoms with Crippen molar-refractivity contribution in [2.75, 3.05) is 7.11 Å². The summed E-state index contributed by atoms with van der Waals surface area (Å²) in [6.45, 7) is 0. The van der Waals surface area contributed by atoms with Crippen molar-refractivity contribution in [3.63, 3.8) is 0 Å². The van der Waals surface area contributed by atoms with E-state index in [1.165, 1.54) is 13.2 Å². The zero-order valence-corrected chi connectivity index (χ0v) is 12.2. The minimum Gasteiger partial charge on any atom is -0.496 e. The van der Waals surface area contributed by atoms with E-state index in [2.05, 4.69) is 0 Å². The predicted molar refractivity (Wildman–Crippen MR) is 81.5 cm³/mol. The maximum absolute atomic E-state index is 12.0. The minimum absolute atomic E-state index is 0.185. The zero-order chi connectivity index (χ0) is 15.9. The van der Waals surface area contributed by atoms with E-state index in [-0.39, 0.29) is 5.56 Å². The van der Waals surface area contributed by atoms with Crippen LogP contribution in [0.3, 0.4) is 0 Å². The third-order valence-electron chi connectivity index (χ3n) is 3.12. The number of hydrogen-bond acceptors (Lipinski definition) is 5. The number of ether oxygens (including phenoxy) is 2. The van der Waals surface area contributed by atoms with Gasteiger partial charge in [0, 0.05) is 0 Å². The molecule has 114 valence electrons. The molecule has 2 N–H and O–H groups in total. The first kappa shape index (κ1) is 15.7. The Balaban J connectivity index is 2.00. The highest BCUT2D eigenvalue weighted by Gasteiger charge is 2.22. The first-order chi connectivity index (χ1) is 10.6. The van der Waals surface area contributed by atoms with Crippen molar-refractivity contribution in [2.45, 2.75) is 12.5 Å². The fraction of sp³-hybridized carbons (Fsp3) is 0.176. The van der Waals surface area contributed by atoms with Crippen molar-refractivity contribution < 1.29 is 19.1 Å². The first-order valence-electron chi connectivity index (χ1n) is 6.80. The van der Waals surface area contributed by atoms with E-state index in [0.29, 0.717) is 12.2 Å².